The number of nitrogens with zero attached hydrogens (tertiary/aromatic N) is 3. The van der Waals surface area contributed by atoms with E-state index in [1.807, 2.05) is 0 Å². The van der Waals surface area contributed by atoms with Crippen LogP contribution in [0.5, 0.6) is 0 Å². The van der Waals surface area contributed by atoms with E-state index in [0.717, 1.165) is 18.2 Å². The van der Waals surface area contributed by atoms with Crippen LogP contribution in [-0.4, -0.2) is 9.91 Å². The molecule has 0 amide bonds. The summed E-state index contributed by atoms with van der Waals surface area (Å²) in [7, 11) is 0. The van der Waals surface area contributed by atoms with Crippen LogP contribution in [0.1, 0.15) is 11.3 Å². The standard InChI is InChI=1S/C13H7F3N4O2/c14-13(15,16)8-3-1-2-7(4-8)10-5-9(18)12(20(21)22)11(6-17)19-10/h1-5H,(H2,18,19). The number of hydrogen-bond donors (Lipinski definition) is 1. The summed E-state index contributed by atoms with van der Waals surface area (Å²) in [5.74, 6) is 0. The van der Waals surface area contributed by atoms with Gasteiger partial charge in [-0.15, -0.1) is 0 Å². The van der Waals surface area contributed by atoms with Gasteiger partial charge in [0.1, 0.15) is 11.8 Å². The number of halogens is 3. The summed E-state index contributed by atoms with van der Waals surface area (Å²) in [4.78, 5) is 13.7. The van der Waals surface area contributed by atoms with E-state index >= 15 is 0 Å². The van der Waals surface area contributed by atoms with Crippen LogP contribution in [0.2, 0.25) is 0 Å². The number of nitrogens with two attached hydrogens (primary N) is 1. The number of rotatable bonds is 2. The SMILES string of the molecule is N#Cc1nc(-c2cccc(C(F)(F)F)c2)cc(N)c1[N+](=O)[O-]. The number of benzene rings is 1. The minimum Gasteiger partial charge on any atom is -0.393 e. The average molecular weight is 308 g/mol. The zero-order chi connectivity index (χ0) is 16.5. The number of aromatic nitrogens is 1. The molecule has 6 nitrogen and oxygen atoms in total. The van der Waals surface area contributed by atoms with Gasteiger partial charge in [0.05, 0.1) is 16.2 Å². The number of pyridine rings is 1. The summed E-state index contributed by atoms with van der Waals surface area (Å²) in [6, 6.07) is 6.80. The van der Waals surface area contributed by atoms with E-state index in [1.165, 1.54) is 18.2 Å². The predicted molar refractivity (Wildman–Crippen MR) is 70.5 cm³/mol. The van der Waals surface area contributed by atoms with Crippen molar-refractivity contribution < 1.29 is 18.1 Å². The molecule has 1 heterocycles. The first-order valence-corrected chi connectivity index (χ1v) is 5.76. The Hall–Kier alpha value is -3.15. The van der Waals surface area contributed by atoms with Crippen molar-refractivity contribution >= 4 is 11.4 Å². The Morgan fingerprint density at radius 3 is 2.55 bits per heavy atom. The van der Waals surface area contributed by atoms with Crippen LogP contribution in [0, 0.1) is 21.4 Å². The Kier molecular flexibility index (Phi) is 3.69. The first kappa shape index (κ1) is 15.2. The van der Waals surface area contributed by atoms with E-state index in [2.05, 4.69) is 4.98 Å². The second-order valence-electron chi connectivity index (χ2n) is 4.24. The van der Waals surface area contributed by atoms with Crippen molar-refractivity contribution in [2.45, 2.75) is 6.18 Å². The fraction of sp³-hybridized carbons (Fsp3) is 0.0769. The quantitative estimate of drug-likeness (QED) is 0.677. The van der Waals surface area contributed by atoms with Gasteiger partial charge in [-0.3, -0.25) is 10.1 Å². The number of hydrogen-bond acceptors (Lipinski definition) is 5. The average Bonchev–Trinajstić information content (AvgIpc) is 2.45. The van der Waals surface area contributed by atoms with E-state index in [1.54, 1.807) is 0 Å². The van der Waals surface area contributed by atoms with Gasteiger partial charge in [0.2, 0.25) is 5.69 Å². The molecule has 0 radical (unpaired) electrons. The van der Waals surface area contributed by atoms with Crippen molar-refractivity contribution in [3.05, 3.63) is 51.7 Å². The monoisotopic (exact) mass is 308 g/mol. The number of anilines is 1. The molecular weight excluding hydrogens is 301 g/mol. The van der Waals surface area contributed by atoms with Gasteiger partial charge in [-0.2, -0.15) is 18.4 Å². The minimum atomic E-state index is -4.54. The minimum absolute atomic E-state index is 0.0490. The molecule has 112 valence electrons. The van der Waals surface area contributed by atoms with Gasteiger partial charge in [-0.25, -0.2) is 4.98 Å². The van der Waals surface area contributed by atoms with Gasteiger partial charge in [-0.05, 0) is 18.2 Å². The topological polar surface area (TPSA) is 106 Å². The summed E-state index contributed by atoms with van der Waals surface area (Å²) in [6.45, 7) is 0. The van der Waals surface area contributed by atoms with Gasteiger partial charge in [0.25, 0.3) is 0 Å². The molecule has 2 N–H and O–H groups in total. The highest BCUT2D eigenvalue weighted by molar-refractivity contribution is 5.72. The summed E-state index contributed by atoms with van der Waals surface area (Å²) in [5.41, 5.74) is 3.03. The maximum atomic E-state index is 12.7. The Balaban J connectivity index is 2.62. The molecule has 0 saturated heterocycles. The molecule has 2 rings (SSSR count). The zero-order valence-electron chi connectivity index (χ0n) is 10.8. The molecule has 0 aliphatic rings. The number of nitro groups is 1. The molecule has 0 atom stereocenters. The van der Waals surface area contributed by atoms with Crippen LogP contribution < -0.4 is 5.73 Å². The first-order valence-electron chi connectivity index (χ1n) is 5.76. The Bertz CT molecular complexity index is 797. The maximum Gasteiger partial charge on any atom is 0.416 e. The highest BCUT2D eigenvalue weighted by Crippen LogP contribution is 2.34. The van der Waals surface area contributed by atoms with Gasteiger partial charge in [0.15, 0.2) is 0 Å². The van der Waals surface area contributed by atoms with E-state index in [9.17, 15) is 23.3 Å². The van der Waals surface area contributed by atoms with Crippen molar-refractivity contribution in [3.63, 3.8) is 0 Å². The smallest absolute Gasteiger partial charge is 0.393 e. The second kappa shape index (κ2) is 5.33. The third-order valence-corrected chi connectivity index (χ3v) is 2.80. The lowest BCUT2D eigenvalue weighted by Crippen LogP contribution is -2.05. The number of alkyl halides is 3. The lowest BCUT2D eigenvalue weighted by atomic mass is 10.1. The van der Waals surface area contributed by atoms with E-state index in [0.29, 0.717) is 0 Å². The first-order chi connectivity index (χ1) is 10.2. The normalized spacial score (nSPS) is 11.0. The second-order valence-corrected chi connectivity index (χ2v) is 4.24. The van der Waals surface area contributed by atoms with Crippen LogP contribution in [0.3, 0.4) is 0 Å². The highest BCUT2D eigenvalue weighted by atomic mass is 19.4. The van der Waals surface area contributed by atoms with Crippen molar-refractivity contribution in [2.75, 3.05) is 5.73 Å². The molecule has 0 bridgehead atoms. The molecule has 22 heavy (non-hydrogen) atoms. The summed E-state index contributed by atoms with van der Waals surface area (Å²) in [6.07, 6.45) is -4.54. The Labute approximate surface area is 121 Å². The van der Waals surface area contributed by atoms with Crippen LogP contribution in [0.15, 0.2) is 30.3 Å². The summed E-state index contributed by atoms with van der Waals surface area (Å²) < 4.78 is 38.1. The van der Waals surface area contributed by atoms with Crippen LogP contribution >= 0.6 is 0 Å². The molecule has 0 fully saturated rings. The van der Waals surface area contributed by atoms with Crippen molar-refractivity contribution in [1.29, 1.82) is 5.26 Å². The predicted octanol–water partition coefficient (Wildman–Crippen LogP) is 3.13. The summed E-state index contributed by atoms with van der Waals surface area (Å²) in [5, 5.41) is 19.7. The molecule has 1 aromatic heterocycles. The van der Waals surface area contributed by atoms with Crippen molar-refractivity contribution in [2.24, 2.45) is 0 Å². The fourth-order valence-electron chi connectivity index (χ4n) is 1.83. The zero-order valence-corrected chi connectivity index (χ0v) is 10.8. The molecule has 9 heteroatoms. The number of nitriles is 1. The lowest BCUT2D eigenvalue weighted by molar-refractivity contribution is -0.384. The molecule has 0 saturated carbocycles. The van der Waals surface area contributed by atoms with E-state index < -0.39 is 28.0 Å². The molecule has 0 spiro atoms. The van der Waals surface area contributed by atoms with Crippen LogP contribution in [-0.2, 0) is 6.18 Å². The Morgan fingerprint density at radius 1 is 1.32 bits per heavy atom. The third kappa shape index (κ3) is 2.80. The lowest BCUT2D eigenvalue weighted by Gasteiger charge is -2.09. The fourth-order valence-corrected chi connectivity index (χ4v) is 1.83. The number of nitrogen functional groups attached to an aromatic ring is 1. The molecule has 0 unspecified atom stereocenters. The van der Waals surface area contributed by atoms with Gasteiger partial charge in [-0.1, -0.05) is 12.1 Å². The third-order valence-electron chi connectivity index (χ3n) is 2.80. The largest absolute Gasteiger partial charge is 0.416 e. The van der Waals surface area contributed by atoms with Crippen LogP contribution in [0.4, 0.5) is 24.5 Å². The van der Waals surface area contributed by atoms with Gasteiger partial charge < -0.3 is 5.73 Å². The summed E-state index contributed by atoms with van der Waals surface area (Å²) >= 11 is 0. The highest BCUT2D eigenvalue weighted by Gasteiger charge is 2.31. The van der Waals surface area contributed by atoms with Crippen molar-refractivity contribution in [1.82, 2.24) is 4.98 Å². The van der Waals surface area contributed by atoms with E-state index in [4.69, 9.17) is 11.0 Å². The maximum absolute atomic E-state index is 12.7. The molecule has 1 aromatic carbocycles. The van der Waals surface area contributed by atoms with E-state index in [-0.39, 0.29) is 16.9 Å². The molecule has 0 aliphatic heterocycles. The van der Waals surface area contributed by atoms with Crippen molar-refractivity contribution in [3.8, 4) is 17.3 Å². The Morgan fingerprint density at radius 2 is 2.00 bits per heavy atom. The molecule has 2 aromatic rings. The van der Waals surface area contributed by atoms with Gasteiger partial charge >= 0.3 is 11.9 Å². The van der Waals surface area contributed by atoms with Gasteiger partial charge in [0, 0.05) is 5.56 Å². The molecule has 0 aliphatic carbocycles. The van der Waals surface area contributed by atoms with Crippen LogP contribution in [0.25, 0.3) is 11.3 Å². The molecular formula is C13H7F3N4O2.